The van der Waals surface area contributed by atoms with E-state index in [0.29, 0.717) is 17.9 Å². The molecule has 0 saturated carbocycles. The van der Waals surface area contributed by atoms with Crippen molar-refractivity contribution in [2.45, 2.75) is 39.3 Å². The zero-order valence-corrected chi connectivity index (χ0v) is 16.3. The fourth-order valence-corrected chi connectivity index (χ4v) is 3.13. The normalized spacial score (nSPS) is 11.9. The molecule has 0 aliphatic rings. The summed E-state index contributed by atoms with van der Waals surface area (Å²) in [7, 11) is 0. The van der Waals surface area contributed by atoms with Crippen LogP contribution in [0.5, 0.6) is 0 Å². The summed E-state index contributed by atoms with van der Waals surface area (Å²) >= 11 is 0. The predicted octanol–water partition coefficient (Wildman–Crippen LogP) is 3.44. The largest absolute Gasteiger partial charge is 0.355 e. The molecule has 0 aliphatic carbocycles. The molecule has 28 heavy (non-hydrogen) atoms. The topological polar surface area (TPSA) is 76.0 Å². The van der Waals surface area contributed by atoms with Gasteiger partial charge < -0.3 is 15.2 Å². The van der Waals surface area contributed by atoms with Crippen LogP contribution in [0.4, 0.5) is 0 Å². The van der Waals surface area contributed by atoms with Crippen molar-refractivity contribution < 1.29 is 9.59 Å². The Bertz CT molecular complexity index is 950. The molecule has 146 valence electrons. The van der Waals surface area contributed by atoms with Gasteiger partial charge in [-0.3, -0.25) is 9.59 Å². The third-order valence-electron chi connectivity index (χ3n) is 4.61. The van der Waals surface area contributed by atoms with Crippen LogP contribution in [0, 0.1) is 0 Å². The van der Waals surface area contributed by atoms with Gasteiger partial charge in [-0.15, -0.1) is 0 Å². The van der Waals surface area contributed by atoms with E-state index < -0.39 is 0 Å². The molecule has 0 fully saturated rings. The minimum absolute atomic E-state index is 0.0561. The minimum Gasteiger partial charge on any atom is -0.355 e. The van der Waals surface area contributed by atoms with Crippen molar-refractivity contribution in [3.05, 3.63) is 66.0 Å². The van der Waals surface area contributed by atoms with E-state index in [1.807, 2.05) is 54.0 Å². The first-order chi connectivity index (χ1) is 13.6. The van der Waals surface area contributed by atoms with E-state index in [-0.39, 0.29) is 24.4 Å². The molecule has 2 N–H and O–H groups in total. The van der Waals surface area contributed by atoms with Gasteiger partial charge in [0.25, 0.3) is 5.91 Å². The molecular weight excluding hydrogens is 352 g/mol. The maximum absolute atomic E-state index is 12.5. The lowest BCUT2D eigenvalue weighted by atomic mass is 10.2. The number of carbonyl (C=O) groups is 2. The number of hydrogen-bond donors (Lipinski definition) is 2. The van der Waals surface area contributed by atoms with E-state index in [0.717, 1.165) is 23.9 Å². The predicted molar refractivity (Wildman–Crippen MR) is 110 cm³/mol. The monoisotopic (exact) mass is 378 g/mol. The summed E-state index contributed by atoms with van der Waals surface area (Å²) in [6.45, 7) is 4.81. The van der Waals surface area contributed by atoms with Crippen molar-refractivity contribution in [2.24, 2.45) is 0 Å². The van der Waals surface area contributed by atoms with Crippen LogP contribution >= 0.6 is 0 Å². The van der Waals surface area contributed by atoms with E-state index in [1.54, 1.807) is 12.1 Å². The fraction of sp³-hybridized carbons (Fsp3) is 0.318. The van der Waals surface area contributed by atoms with Crippen molar-refractivity contribution in [2.75, 3.05) is 6.54 Å². The Balaban J connectivity index is 1.83. The van der Waals surface area contributed by atoms with Crippen LogP contribution in [0.2, 0.25) is 0 Å². The SMILES string of the molecule is CCCCNC(=O)Cn1c(C(C)NC(=O)c2ccccc2)nc2ccccc21. The number of unbranched alkanes of at least 4 members (excludes halogenated alkanes) is 1. The summed E-state index contributed by atoms with van der Waals surface area (Å²) in [5.41, 5.74) is 2.28. The van der Waals surface area contributed by atoms with Crippen LogP contribution in [0.25, 0.3) is 11.0 Å². The quantitative estimate of drug-likeness (QED) is 0.590. The third-order valence-corrected chi connectivity index (χ3v) is 4.61. The van der Waals surface area contributed by atoms with Gasteiger partial charge in [-0.05, 0) is 37.6 Å². The van der Waals surface area contributed by atoms with Gasteiger partial charge in [-0.2, -0.15) is 0 Å². The van der Waals surface area contributed by atoms with Crippen LogP contribution in [0.15, 0.2) is 54.6 Å². The number of nitrogens with zero attached hydrogens (tertiary/aromatic N) is 2. The first-order valence-corrected chi connectivity index (χ1v) is 9.68. The number of benzene rings is 2. The molecule has 0 saturated heterocycles. The third kappa shape index (κ3) is 4.57. The molecule has 0 bridgehead atoms. The lowest BCUT2D eigenvalue weighted by Gasteiger charge is -2.16. The smallest absolute Gasteiger partial charge is 0.251 e. The summed E-state index contributed by atoms with van der Waals surface area (Å²) in [5.74, 6) is 0.440. The lowest BCUT2D eigenvalue weighted by molar-refractivity contribution is -0.121. The molecule has 3 rings (SSSR count). The summed E-state index contributed by atoms with van der Waals surface area (Å²) < 4.78 is 1.88. The molecular formula is C22H26N4O2. The molecule has 2 amide bonds. The molecule has 0 radical (unpaired) electrons. The molecule has 6 heteroatoms. The van der Waals surface area contributed by atoms with Crippen molar-refractivity contribution in [1.82, 2.24) is 20.2 Å². The summed E-state index contributed by atoms with van der Waals surface area (Å²) in [5, 5.41) is 5.93. The summed E-state index contributed by atoms with van der Waals surface area (Å²) in [6, 6.07) is 16.4. The Kier molecular flexibility index (Phi) is 6.42. The molecule has 1 heterocycles. The van der Waals surface area contributed by atoms with Gasteiger partial charge in [0.1, 0.15) is 12.4 Å². The molecule has 2 aromatic carbocycles. The van der Waals surface area contributed by atoms with E-state index in [4.69, 9.17) is 0 Å². The molecule has 0 aliphatic heterocycles. The van der Waals surface area contributed by atoms with Crippen LogP contribution in [0.3, 0.4) is 0 Å². The van der Waals surface area contributed by atoms with Gasteiger partial charge >= 0.3 is 0 Å². The van der Waals surface area contributed by atoms with Gasteiger partial charge in [0.2, 0.25) is 5.91 Å². The lowest BCUT2D eigenvalue weighted by Crippen LogP contribution is -2.32. The standard InChI is InChI=1S/C22H26N4O2/c1-3-4-14-23-20(27)15-26-19-13-9-8-12-18(19)25-21(26)16(2)24-22(28)17-10-6-5-7-11-17/h5-13,16H,3-4,14-15H2,1-2H3,(H,23,27)(H,24,28). The van der Waals surface area contributed by atoms with Gasteiger partial charge in [0.15, 0.2) is 0 Å². The highest BCUT2D eigenvalue weighted by Crippen LogP contribution is 2.21. The summed E-state index contributed by atoms with van der Waals surface area (Å²) in [4.78, 5) is 29.6. The van der Waals surface area contributed by atoms with Crippen LogP contribution < -0.4 is 10.6 Å². The van der Waals surface area contributed by atoms with Crippen LogP contribution in [0.1, 0.15) is 48.9 Å². The second-order valence-corrected chi connectivity index (χ2v) is 6.81. The molecule has 1 aromatic heterocycles. The average Bonchev–Trinajstić information content (AvgIpc) is 3.07. The Morgan fingerprint density at radius 1 is 1.07 bits per heavy atom. The molecule has 3 aromatic rings. The van der Waals surface area contributed by atoms with Crippen molar-refractivity contribution >= 4 is 22.8 Å². The Morgan fingerprint density at radius 3 is 2.54 bits per heavy atom. The van der Waals surface area contributed by atoms with Crippen LogP contribution in [-0.2, 0) is 11.3 Å². The highest BCUT2D eigenvalue weighted by Gasteiger charge is 2.20. The second-order valence-electron chi connectivity index (χ2n) is 6.81. The number of hydrogen-bond acceptors (Lipinski definition) is 3. The van der Waals surface area contributed by atoms with E-state index in [9.17, 15) is 9.59 Å². The van der Waals surface area contributed by atoms with Gasteiger partial charge in [0, 0.05) is 12.1 Å². The minimum atomic E-state index is -0.344. The number of carbonyl (C=O) groups excluding carboxylic acids is 2. The maximum Gasteiger partial charge on any atom is 0.251 e. The van der Waals surface area contributed by atoms with Gasteiger partial charge in [-0.1, -0.05) is 43.7 Å². The van der Waals surface area contributed by atoms with E-state index in [1.165, 1.54) is 0 Å². The van der Waals surface area contributed by atoms with Crippen molar-refractivity contribution in [3.63, 3.8) is 0 Å². The fourth-order valence-electron chi connectivity index (χ4n) is 3.13. The van der Waals surface area contributed by atoms with Crippen LogP contribution in [-0.4, -0.2) is 27.9 Å². The molecule has 1 atom stereocenters. The first kappa shape index (κ1) is 19.6. The zero-order valence-electron chi connectivity index (χ0n) is 16.3. The van der Waals surface area contributed by atoms with E-state index in [2.05, 4.69) is 22.5 Å². The first-order valence-electron chi connectivity index (χ1n) is 9.68. The Hall–Kier alpha value is -3.15. The average molecular weight is 378 g/mol. The van der Waals surface area contributed by atoms with Crippen molar-refractivity contribution in [1.29, 1.82) is 0 Å². The number of imidazole rings is 1. The number of amides is 2. The Morgan fingerprint density at radius 2 is 1.79 bits per heavy atom. The number of rotatable bonds is 8. The van der Waals surface area contributed by atoms with Gasteiger partial charge in [0.05, 0.1) is 17.1 Å². The van der Waals surface area contributed by atoms with Gasteiger partial charge in [-0.25, -0.2) is 4.98 Å². The highest BCUT2D eigenvalue weighted by atomic mass is 16.2. The molecule has 0 spiro atoms. The molecule has 1 unspecified atom stereocenters. The number of para-hydroxylation sites is 2. The number of nitrogens with one attached hydrogen (secondary N) is 2. The second kappa shape index (κ2) is 9.17. The highest BCUT2D eigenvalue weighted by molar-refractivity contribution is 5.94. The van der Waals surface area contributed by atoms with Crippen molar-refractivity contribution in [3.8, 4) is 0 Å². The molecule has 6 nitrogen and oxygen atoms in total. The Labute approximate surface area is 165 Å². The number of aromatic nitrogens is 2. The summed E-state index contributed by atoms with van der Waals surface area (Å²) in [6.07, 6.45) is 1.98. The van der Waals surface area contributed by atoms with E-state index >= 15 is 0 Å². The maximum atomic E-state index is 12.5. The number of fused-ring (bicyclic) bond motifs is 1. The zero-order chi connectivity index (χ0) is 19.9.